The van der Waals surface area contributed by atoms with Crippen molar-refractivity contribution < 1.29 is 24.6 Å². The number of carbonyl (C=O) groups excluding carboxylic acids is 1. The van der Waals surface area contributed by atoms with Gasteiger partial charge in [0.15, 0.2) is 0 Å². The summed E-state index contributed by atoms with van der Waals surface area (Å²) in [4.78, 5) is 32.5. The van der Waals surface area contributed by atoms with E-state index in [9.17, 15) is 14.4 Å². The molecule has 2 unspecified atom stereocenters. The van der Waals surface area contributed by atoms with Gasteiger partial charge in [0.2, 0.25) is 5.91 Å². The Morgan fingerprint density at radius 2 is 1.88 bits per heavy atom. The van der Waals surface area contributed by atoms with Crippen LogP contribution in [-0.4, -0.2) is 40.1 Å². The van der Waals surface area contributed by atoms with Gasteiger partial charge in [0.1, 0.15) is 6.04 Å². The van der Waals surface area contributed by atoms with Gasteiger partial charge in [-0.25, -0.2) is 4.79 Å². The van der Waals surface area contributed by atoms with Crippen molar-refractivity contribution in [2.45, 2.75) is 44.7 Å². The fourth-order valence-electron chi connectivity index (χ4n) is 1.23. The van der Waals surface area contributed by atoms with E-state index in [1.54, 1.807) is 0 Å². The summed E-state index contributed by atoms with van der Waals surface area (Å²) in [6, 6.07) is -2.24. The number of hydrogen-bond donors (Lipinski definition) is 4. The molecule has 2 atom stereocenters. The fourth-order valence-corrected chi connectivity index (χ4v) is 1.23. The zero-order chi connectivity index (χ0) is 13.4. The molecular formula is C10H18N2O5. The number of carboxylic acid groups (broad SMARTS) is 2. The number of nitrogens with two attached hydrogens (primary N) is 1. The summed E-state index contributed by atoms with van der Waals surface area (Å²) < 4.78 is 0. The highest BCUT2D eigenvalue weighted by Gasteiger charge is 2.23. The molecule has 0 spiro atoms. The fraction of sp³-hybridized carbons (Fsp3) is 0.700. The predicted octanol–water partition coefficient (Wildman–Crippen LogP) is -0.452. The minimum atomic E-state index is -1.23. The molecule has 0 aromatic rings. The largest absolute Gasteiger partial charge is 0.481 e. The number of unbranched alkanes of at least 4 members (excludes halogenated alkanes) is 1. The number of hydrogen-bond acceptors (Lipinski definition) is 4. The summed E-state index contributed by atoms with van der Waals surface area (Å²) in [7, 11) is 0. The minimum Gasteiger partial charge on any atom is -0.481 e. The first kappa shape index (κ1) is 15.4. The molecule has 7 heteroatoms. The Labute approximate surface area is 99.0 Å². The van der Waals surface area contributed by atoms with Gasteiger partial charge in [0.25, 0.3) is 0 Å². The standard InChI is InChI=1S/C10H18N2O5/c1-2-3-4-7(10(16)17)12-9(15)6(11)5-8(13)14/h6-7H,2-5,11H2,1H3,(H,12,15)(H,13,14)(H,16,17). The third kappa shape index (κ3) is 6.52. The molecule has 0 saturated carbocycles. The van der Waals surface area contributed by atoms with E-state index in [0.717, 1.165) is 6.42 Å². The first-order chi connectivity index (χ1) is 7.88. The van der Waals surface area contributed by atoms with Crippen molar-refractivity contribution in [2.24, 2.45) is 5.73 Å². The van der Waals surface area contributed by atoms with Crippen molar-refractivity contribution in [3.05, 3.63) is 0 Å². The van der Waals surface area contributed by atoms with Crippen LogP contribution in [0.5, 0.6) is 0 Å². The second kappa shape index (κ2) is 7.61. The Bertz CT molecular complexity index is 292. The first-order valence-electron chi connectivity index (χ1n) is 5.39. The van der Waals surface area contributed by atoms with E-state index in [4.69, 9.17) is 15.9 Å². The van der Waals surface area contributed by atoms with Crippen molar-refractivity contribution in [1.82, 2.24) is 5.32 Å². The highest BCUT2D eigenvalue weighted by molar-refractivity contribution is 5.89. The van der Waals surface area contributed by atoms with E-state index in [0.29, 0.717) is 12.8 Å². The second-order valence-corrected chi connectivity index (χ2v) is 3.75. The number of rotatable bonds is 8. The molecule has 0 aliphatic heterocycles. The average molecular weight is 246 g/mol. The first-order valence-corrected chi connectivity index (χ1v) is 5.39. The summed E-state index contributed by atoms with van der Waals surface area (Å²) in [5.41, 5.74) is 5.31. The molecule has 0 aromatic carbocycles. The number of aliphatic carboxylic acids is 2. The van der Waals surface area contributed by atoms with Gasteiger partial charge in [-0.15, -0.1) is 0 Å². The van der Waals surface area contributed by atoms with Crippen LogP contribution in [0, 0.1) is 0 Å². The van der Waals surface area contributed by atoms with Crippen LogP contribution >= 0.6 is 0 Å². The molecular weight excluding hydrogens is 228 g/mol. The molecule has 17 heavy (non-hydrogen) atoms. The SMILES string of the molecule is CCCCC(NC(=O)C(N)CC(=O)O)C(=O)O. The Balaban J connectivity index is 4.29. The van der Waals surface area contributed by atoms with Gasteiger partial charge in [-0.1, -0.05) is 19.8 Å². The molecule has 0 aliphatic rings. The van der Waals surface area contributed by atoms with Gasteiger partial charge in [-0.3, -0.25) is 9.59 Å². The lowest BCUT2D eigenvalue weighted by atomic mass is 10.1. The quantitative estimate of drug-likeness (QED) is 0.459. The summed E-state index contributed by atoms with van der Waals surface area (Å²) in [5.74, 6) is -3.10. The molecule has 0 bridgehead atoms. The summed E-state index contributed by atoms with van der Waals surface area (Å²) >= 11 is 0. The Morgan fingerprint density at radius 1 is 1.29 bits per heavy atom. The van der Waals surface area contributed by atoms with E-state index in [-0.39, 0.29) is 0 Å². The van der Waals surface area contributed by atoms with Gasteiger partial charge in [-0.2, -0.15) is 0 Å². The highest BCUT2D eigenvalue weighted by Crippen LogP contribution is 2.01. The topological polar surface area (TPSA) is 130 Å². The van der Waals surface area contributed by atoms with E-state index in [2.05, 4.69) is 5.32 Å². The van der Waals surface area contributed by atoms with Crippen LogP contribution in [0.3, 0.4) is 0 Å². The van der Waals surface area contributed by atoms with E-state index >= 15 is 0 Å². The summed E-state index contributed by atoms with van der Waals surface area (Å²) in [6.07, 6.45) is 1.25. The lowest BCUT2D eigenvalue weighted by molar-refractivity contribution is -0.142. The van der Waals surface area contributed by atoms with Crippen LogP contribution in [0.2, 0.25) is 0 Å². The third-order valence-corrected chi connectivity index (χ3v) is 2.19. The lowest BCUT2D eigenvalue weighted by Gasteiger charge is -2.16. The molecule has 0 radical (unpaired) electrons. The van der Waals surface area contributed by atoms with Crippen LogP contribution in [0.25, 0.3) is 0 Å². The summed E-state index contributed by atoms with van der Waals surface area (Å²) in [6.45, 7) is 1.90. The molecule has 0 aromatic heterocycles. The second-order valence-electron chi connectivity index (χ2n) is 3.75. The maximum Gasteiger partial charge on any atom is 0.326 e. The number of carboxylic acids is 2. The maximum absolute atomic E-state index is 11.4. The maximum atomic E-state index is 11.4. The molecule has 0 rings (SSSR count). The van der Waals surface area contributed by atoms with Gasteiger partial charge in [-0.05, 0) is 6.42 Å². The normalized spacial score (nSPS) is 13.8. The number of nitrogens with one attached hydrogen (secondary N) is 1. The van der Waals surface area contributed by atoms with Crippen molar-refractivity contribution in [2.75, 3.05) is 0 Å². The average Bonchev–Trinajstić information content (AvgIpc) is 2.22. The van der Waals surface area contributed by atoms with Crippen LogP contribution in [0.1, 0.15) is 32.6 Å². The van der Waals surface area contributed by atoms with E-state index < -0.39 is 36.4 Å². The molecule has 0 aliphatic carbocycles. The van der Waals surface area contributed by atoms with Crippen LogP contribution in [0.15, 0.2) is 0 Å². The number of carbonyl (C=O) groups is 3. The summed E-state index contributed by atoms with van der Waals surface area (Å²) in [5, 5.41) is 19.5. The van der Waals surface area contributed by atoms with E-state index in [1.807, 2.05) is 6.92 Å². The molecule has 7 nitrogen and oxygen atoms in total. The third-order valence-electron chi connectivity index (χ3n) is 2.19. The zero-order valence-electron chi connectivity index (χ0n) is 9.68. The molecule has 98 valence electrons. The van der Waals surface area contributed by atoms with Crippen molar-refractivity contribution in [3.63, 3.8) is 0 Å². The zero-order valence-corrected chi connectivity index (χ0v) is 9.68. The van der Waals surface area contributed by atoms with Gasteiger partial charge >= 0.3 is 11.9 Å². The Morgan fingerprint density at radius 3 is 2.29 bits per heavy atom. The Kier molecular flexibility index (Phi) is 6.88. The molecule has 0 heterocycles. The molecule has 0 fully saturated rings. The smallest absolute Gasteiger partial charge is 0.326 e. The predicted molar refractivity (Wildman–Crippen MR) is 59.3 cm³/mol. The van der Waals surface area contributed by atoms with Crippen LogP contribution < -0.4 is 11.1 Å². The van der Waals surface area contributed by atoms with E-state index in [1.165, 1.54) is 0 Å². The van der Waals surface area contributed by atoms with Gasteiger partial charge in [0, 0.05) is 0 Å². The highest BCUT2D eigenvalue weighted by atomic mass is 16.4. The minimum absolute atomic E-state index is 0.303. The monoisotopic (exact) mass is 246 g/mol. The lowest BCUT2D eigenvalue weighted by Crippen LogP contribution is -2.49. The van der Waals surface area contributed by atoms with Crippen molar-refractivity contribution in [1.29, 1.82) is 0 Å². The number of amides is 1. The van der Waals surface area contributed by atoms with Crippen LogP contribution in [-0.2, 0) is 14.4 Å². The molecule has 5 N–H and O–H groups in total. The molecule has 0 saturated heterocycles. The van der Waals surface area contributed by atoms with Gasteiger partial charge in [0.05, 0.1) is 12.5 Å². The van der Waals surface area contributed by atoms with Crippen molar-refractivity contribution >= 4 is 17.8 Å². The molecule has 1 amide bonds. The Hall–Kier alpha value is -1.63. The van der Waals surface area contributed by atoms with Gasteiger partial charge < -0.3 is 21.3 Å². The van der Waals surface area contributed by atoms with Crippen molar-refractivity contribution in [3.8, 4) is 0 Å². The van der Waals surface area contributed by atoms with Crippen LogP contribution in [0.4, 0.5) is 0 Å².